The first-order valence-electron chi connectivity index (χ1n) is 24.9. The highest BCUT2D eigenvalue weighted by atomic mass is 15.1. The summed E-state index contributed by atoms with van der Waals surface area (Å²) in [6, 6.07) is 72.1. The molecule has 10 aromatic carbocycles. The van der Waals surface area contributed by atoms with Crippen molar-refractivity contribution in [2.24, 2.45) is 0 Å². The summed E-state index contributed by atoms with van der Waals surface area (Å²) >= 11 is 0. The minimum Gasteiger partial charge on any atom is -0.310 e. The molecule has 0 amide bonds. The molecule has 14 rings (SSSR count). The van der Waals surface area contributed by atoms with Crippen molar-refractivity contribution in [3.63, 3.8) is 0 Å². The highest BCUT2D eigenvalue weighted by Gasteiger charge is 2.44. The normalized spacial score (nSPS) is 16.3. The Bertz CT molecular complexity index is 3890. The third-order valence-corrected chi connectivity index (χ3v) is 17.4. The molecule has 1 nitrogen and oxygen atoms in total. The Morgan fingerprint density at radius 1 is 0.261 bits per heavy atom. The fraction of sp³-hybridized carbons (Fsp3) is 0.176. The van der Waals surface area contributed by atoms with E-state index >= 15 is 0 Å². The van der Waals surface area contributed by atoms with Crippen LogP contribution in [0.3, 0.4) is 0 Å². The van der Waals surface area contributed by atoms with Gasteiger partial charge in [-0.15, -0.1) is 0 Å². The standard InChI is InChI=1S/C68H55N/c1-65(2)55-25-17-16-23-47(55)48-30-27-42(34-57(48)65)69(44-29-32-51-59(36-44)68(7,8)62-37-52(40-18-10-9-11-19-40)46-22-14-15-24-50(46)64(51)62)43-28-31-49-53-38-61-54(39-60(53)67(5,6)58(49)35-43)63-45-21-13-12-20-41(45)26-33-56(63)66(61,3)4/h9-39H,1-8H3. The summed E-state index contributed by atoms with van der Waals surface area (Å²) in [6.45, 7) is 19.4. The lowest BCUT2D eigenvalue weighted by Crippen LogP contribution is -2.19. The van der Waals surface area contributed by atoms with E-state index in [1.165, 1.54) is 139 Å². The maximum Gasteiger partial charge on any atom is 0.0465 e. The zero-order valence-electron chi connectivity index (χ0n) is 40.8. The minimum atomic E-state index is -0.235. The number of benzene rings is 10. The Kier molecular flexibility index (Phi) is 8.00. The molecule has 0 N–H and O–H groups in total. The van der Waals surface area contributed by atoms with Gasteiger partial charge in [0.15, 0.2) is 0 Å². The van der Waals surface area contributed by atoms with Crippen LogP contribution in [0.1, 0.15) is 99.9 Å². The molecule has 0 spiro atoms. The molecule has 0 saturated carbocycles. The average molecular weight is 886 g/mol. The lowest BCUT2D eigenvalue weighted by Gasteiger charge is -2.31. The van der Waals surface area contributed by atoms with Crippen LogP contribution in [0.25, 0.3) is 77.2 Å². The molecule has 0 aliphatic heterocycles. The van der Waals surface area contributed by atoms with Gasteiger partial charge in [-0.25, -0.2) is 0 Å². The molecule has 0 unspecified atom stereocenters. The van der Waals surface area contributed by atoms with Gasteiger partial charge in [0.1, 0.15) is 0 Å². The molecule has 4 aliphatic carbocycles. The van der Waals surface area contributed by atoms with Crippen LogP contribution in [0.15, 0.2) is 188 Å². The van der Waals surface area contributed by atoms with Crippen molar-refractivity contribution < 1.29 is 0 Å². The lowest BCUT2D eigenvalue weighted by molar-refractivity contribution is 0.652. The van der Waals surface area contributed by atoms with Crippen LogP contribution in [-0.2, 0) is 21.7 Å². The quantitative estimate of drug-likeness (QED) is 0.170. The predicted octanol–water partition coefficient (Wildman–Crippen LogP) is 18.4. The monoisotopic (exact) mass is 885 g/mol. The third kappa shape index (κ3) is 5.31. The van der Waals surface area contributed by atoms with Crippen LogP contribution in [0, 0.1) is 0 Å². The third-order valence-electron chi connectivity index (χ3n) is 17.4. The van der Waals surface area contributed by atoms with Crippen molar-refractivity contribution in [3.05, 3.63) is 233 Å². The van der Waals surface area contributed by atoms with E-state index in [1.54, 1.807) is 0 Å². The largest absolute Gasteiger partial charge is 0.310 e. The van der Waals surface area contributed by atoms with Crippen molar-refractivity contribution in [1.82, 2.24) is 0 Å². The molecule has 0 aromatic heterocycles. The summed E-state index contributed by atoms with van der Waals surface area (Å²) in [5, 5.41) is 5.26. The van der Waals surface area contributed by atoms with Crippen molar-refractivity contribution in [1.29, 1.82) is 0 Å². The summed E-state index contributed by atoms with van der Waals surface area (Å²) < 4.78 is 0. The molecular formula is C68H55N. The number of fused-ring (bicyclic) bond motifs is 16. The first-order chi connectivity index (χ1) is 33.2. The van der Waals surface area contributed by atoms with Crippen molar-refractivity contribution in [2.75, 3.05) is 4.90 Å². The van der Waals surface area contributed by atoms with Crippen LogP contribution in [0.4, 0.5) is 17.1 Å². The first-order valence-corrected chi connectivity index (χ1v) is 24.9. The molecule has 4 aliphatic rings. The molecule has 1 heteroatoms. The second-order valence-electron chi connectivity index (χ2n) is 22.5. The van der Waals surface area contributed by atoms with Gasteiger partial charge in [-0.3, -0.25) is 0 Å². The van der Waals surface area contributed by atoms with Crippen LogP contribution in [0.5, 0.6) is 0 Å². The molecule has 0 radical (unpaired) electrons. The summed E-state index contributed by atoms with van der Waals surface area (Å²) in [7, 11) is 0. The van der Waals surface area contributed by atoms with E-state index in [1.807, 2.05) is 0 Å². The number of rotatable bonds is 4. The smallest absolute Gasteiger partial charge is 0.0465 e. The molecule has 0 fully saturated rings. The van der Waals surface area contributed by atoms with Gasteiger partial charge >= 0.3 is 0 Å². The van der Waals surface area contributed by atoms with E-state index in [0.29, 0.717) is 0 Å². The van der Waals surface area contributed by atoms with Gasteiger partial charge < -0.3 is 4.90 Å². The highest BCUT2D eigenvalue weighted by molar-refractivity contribution is 6.09. The van der Waals surface area contributed by atoms with Crippen molar-refractivity contribution >= 4 is 38.6 Å². The van der Waals surface area contributed by atoms with Gasteiger partial charge in [0.05, 0.1) is 0 Å². The molecule has 0 heterocycles. The number of nitrogens with zero attached hydrogens (tertiary/aromatic N) is 1. The molecule has 0 atom stereocenters. The molecule has 69 heavy (non-hydrogen) atoms. The topological polar surface area (TPSA) is 3.24 Å². The van der Waals surface area contributed by atoms with Gasteiger partial charge in [-0.05, 0) is 176 Å². The maximum absolute atomic E-state index is 2.57. The van der Waals surface area contributed by atoms with Gasteiger partial charge in [-0.1, -0.05) is 189 Å². The maximum atomic E-state index is 2.57. The van der Waals surface area contributed by atoms with Crippen LogP contribution in [-0.4, -0.2) is 0 Å². The summed E-state index contributed by atoms with van der Waals surface area (Å²) in [5.41, 5.74) is 27.4. The molecule has 0 bridgehead atoms. The van der Waals surface area contributed by atoms with Crippen LogP contribution in [0.2, 0.25) is 0 Å². The summed E-state index contributed by atoms with van der Waals surface area (Å²) in [5.74, 6) is 0. The van der Waals surface area contributed by atoms with E-state index in [4.69, 9.17) is 0 Å². The highest BCUT2D eigenvalue weighted by Crippen LogP contribution is 2.60. The SMILES string of the molecule is CC1(C)c2ccccc2-c2ccc(N(c3ccc4c(c3)C(C)(C)c3cc5c(cc3-4)C(C)(C)c3ccc4ccccc4c3-5)c3ccc4c(c3)C(C)(C)c3cc(-c5ccccc5)c5ccccc5c3-4)cc21. The van der Waals surface area contributed by atoms with E-state index in [0.717, 1.165) is 0 Å². The van der Waals surface area contributed by atoms with E-state index < -0.39 is 0 Å². The second kappa shape index (κ2) is 13.6. The first kappa shape index (κ1) is 40.6. The molecule has 0 saturated heterocycles. The van der Waals surface area contributed by atoms with Crippen LogP contribution < -0.4 is 4.90 Å². The predicted molar refractivity (Wildman–Crippen MR) is 292 cm³/mol. The fourth-order valence-electron chi connectivity index (χ4n) is 13.7. The van der Waals surface area contributed by atoms with Crippen molar-refractivity contribution in [2.45, 2.75) is 77.0 Å². The molecule has 332 valence electrons. The van der Waals surface area contributed by atoms with Gasteiger partial charge in [0, 0.05) is 38.7 Å². The number of hydrogen-bond donors (Lipinski definition) is 0. The van der Waals surface area contributed by atoms with Gasteiger partial charge in [0.25, 0.3) is 0 Å². The number of anilines is 3. The zero-order valence-corrected chi connectivity index (χ0v) is 40.8. The van der Waals surface area contributed by atoms with E-state index in [2.05, 4.69) is 248 Å². The van der Waals surface area contributed by atoms with Crippen LogP contribution >= 0.6 is 0 Å². The Hall–Kier alpha value is -7.48. The Labute approximate surface area is 406 Å². The van der Waals surface area contributed by atoms with Gasteiger partial charge in [-0.2, -0.15) is 0 Å². The van der Waals surface area contributed by atoms with Gasteiger partial charge in [0.2, 0.25) is 0 Å². The fourth-order valence-corrected chi connectivity index (χ4v) is 13.7. The average Bonchev–Trinajstić information content (AvgIpc) is 3.93. The summed E-state index contributed by atoms with van der Waals surface area (Å²) in [4.78, 5) is 2.55. The lowest BCUT2D eigenvalue weighted by atomic mass is 9.79. The van der Waals surface area contributed by atoms with E-state index in [9.17, 15) is 0 Å². The Morgan fingerprint density at radius 3 is 1.42 bits per heavy atom. The second-order valence-corrected chi connectivity index (χ2v) is 22.5. The summed E-state index contributed by atoms with van der Waals surface area (Å²) in [6.07, 6.45) is 0. The minimum absolute atomic E-state index is 0.106. The zero-order chi connectivity index (χ0) is 46.9. The molecule has 10 aromatic rings. The van der Waals surface area contributed by atoms with Crippen molar-refractivity contribution in [3.8, 4) is 55.6 Å². The van der Waals surface area contributed by atoms with E-state index in [-0.39, 0.29) is 21.7 Å². The number of hydrogen-bond acceptors (Lipinski definition) is 1. The molecular weight excluding hydrogens is 831 g/mol. The Morgan fingerprint density at radius 2 is 0.710 bits per heavy atom. The Balaban J connectivity index is 0.954.